The molecular weight excluding hydrogens is 200 g/mol. The van der Waals surface area contributed by atoms with Gasteiger partial charge in [-0.2, -0.15) is 0 Å². The van der Waals surface area contributed by atoms with Crippen LogP contribution in [0.4, 0.5) is 5.69 Å². The van der Waals surface area contributed by atoms with E-state index in [2.05, 4.69) is 11.8 Å². The first-order valence-electron chi connectivity index (χ1n) is 5.85. The molecule has 1 aliphatic heterocycles. The predicted molar refractivity (Wildman–Crippen MR) is 65.1 cm³/mol. The highest BCUT2D eigenvalue weighted by molar-refractivity contribution is 5.87. The van der Waals surface area contributed by atoms with Crippen LogP contribution in [-0.4, -0.2) is 23.8 Å². The maximum atomic E-state index is 12.0. The lowest BCUT2D eigenvalue weighted by molar-refractivity contribution is -0.127. The Hall–Kier alpha value is -1.35. The highest BCUT2D eigenvalue weighted by Gasteiger charge is 2.30. The van der Waals surface area contributed by atoms with Crippen molar-refractivity contribution in [3.63, 3.8) is 0 Å². The van der Waals surface area contributed by atoms with Gasteiger partial charge in [-0.1, -0.05) is 25.1 Å². The number of nitrogen functional groups attached to an aromatic ring is 1. The predicted octanol–water partition coefficient (Wildman–Crippen LogP) is 1.99. The number of Topliss-reactive ketones (excluding diaryl/α,β-unsaturated/α-hetero) is 1. The Balaban J connectivity index is 2.36. The number of carbonyl (C=O) groups is 1. The Morgan fingerprint density at radius 3 is 2.88 bits per heavy atom. The molecule has 3 heteroatoms. The maximum absolute atomic E-state index is 12.0. The van der Waals surface area contributed by atoms with Gasteiger partial charge in [-0.25, -0.2) is 0 Å². The molecule has 1 heterocycles. The fraction of sp³-hybridized carbons (Fsp3) is 0.462. The SMILES string of the molecule is CCN1CCCC(=O)C1c1ccccc1N. The Morgan fingerprint density at radius 1 is 1.44 bits per heavy atom. The molecule has 0 saturated carbocycles. The van der Waals surface area contributed by atoms with Crippen LogP contribution >= 0.6 is 0 Å². The summed E-state index contributed by atoms with van der Waals surface area (Å²) < 4.78 is 0. The smallest absolute Gasteiger partial charge is 0.154 e. The lowest BCUT2D eigenvalue weighted by Crippen LogP contribution is -2.39. The molecule has 0 aliphatic carbocycles. The Labute approximate surface area is 96.2 Å². The Bertz CT molecular complexity index is 389. The van der Waals surface area contributed by atoms with Crippen molar-refractivity contribution in [1.82, 2.24) is 4.90 Å². The topological polar surface area (TPSA) is 46.3 Å². The molecule has 1 fully saturated rings. The summed E-state index contributed by atoms with van der Waals surface area (Å²) in [5, 5.41) is 0. The van der Waals surface area contributed by atoms with Crippen LogP contribution in [-0.2, 0) is 4.79 Å². The lowest BCUT2D eigenvalue weighted by Gasteiger charge is -2.34. The zero-order valence-corrected chi connectivity index (χ0v) is 9.65. The van der Waals surface area contributed by atoms with Crippen molar-refractivity contribution >= 4 is 11.5 Å². The average molecular weight is 218 g/mol. The van der Waals surface area contributed by atoms with Gasteiger partial charge in [0.05, 0.1) is 6.04 Å². The summed E-state index contributed by atoms with van der Waals surface area (Å²) in [7, 11) is 0. The van der Waals surface area contributed by atoms with Gasteiger partial charge in [0, 0.05) is 12.1 Å². The minimum Gasteiger partial charge on any atom is -0.398 e. The highest BCUT2D eigenvalue weighted by atomic mass is 16.1. The van der Waals surface area contributed by atoms with Crippen LogP contribution in [0, 0.1) is 0 Å². The average Bonchev–Trinajstić information content (AvgIpc) is 2.30. The Morgan fingerprint density at radius 2 is 2.19 bits per heavy atom. The minimum atomic E-state index is -0.125. The number of likely N-dealkylation sites (N-methyl/N-ethyl adjacent to an activating group) is 1. The maximum Gasteiger partial charge on any atom is 0.154 e. The van der Waals surface area contributed by atoms with Crippen LogP contribution in [0.3, 0.4) is 0 Å². The van der Waals surface area contributed by atoms with Crippen molar-refractivity contribution in [3.05, 3.63) is 29.8 Å². The van der Waals surface area contributed by atoms with Crippen molar-refractivity contribution in [1.29, 1.82) is 0 Å². The van der Waals surface area contributed by atoms with E-state index in [1.54, 1.807) is 0 Å². The summed E-state index contributed by atoms with van der Waals surface area (Å²) in [4.78, 5) is 14.2. The fourth-order valence-corrected chi connectivity index (χ4v) is 2.40. The highest BCUT2D eigenvalue weighted by Crippen LogP contribution is 2.30. The van der Waals surface area contributed by atoms with Gasteiger partial charge in [-0.05, 0) is 31.1 Å². The van der Waals surface area contributed by atoms with Crippen LogP contribution in [0.2, 0.25) is 0 Å². The number of anilines is 1. The number of nitrogens with zero attached hydrogens (tertiary/aromatic N) is 1. The number of para-hydroxylation sites is 1. The molecule has 2 N–H and O–H groups in total. The van der Waals surface area contributed by atoms with Crippen LogP contribution in [0.1, 0.15) is 31.4 Å². The van der Waals surface area contributed by atoms with Gasteiger partial charge in [0.15, 0.2) is 5.78 Å². The number of carbonyl (C=O) groups excluding carboxylic acids is 1. The first-order chi connectivity index (χ1) is 7.74. The van der Waals surface area contributed by atoms with Crippen molar-refractivity contribution in [2.24, 2.45) is 0 Å². The van der Waals surface area contributed by atoms with Gasteiger partial charge in [0.2, 0.25) is 0 Å². The third kappa shape index (κ3) is 1.95. The Kier molecular flexibility index (Phi) is 3.25. The number of nitrogens with two attached hydrogens (primary N) is 1. The number of likely N-dealkylation sites (tertiary alicyclic amines) is 1. The van der Waals surface area contributed by atoms with Gasteiger partial charge >= 0.3 is 0 Å². The fourth-order valence-electron chi connectivity index (χ4n) is 2.40. The second kappa shape index (κ2) is 4.66. The molecule has 1 atom stereocenters. The van der Waals surface area contributed by atoms with Crippen LogP contribution in [0.5, 0.6) is 0 Å². The van der Waals surface area contributed by atoms with Gasteiger partial charge in [-0.15, -0.1) is 0 Å². The summed E-state index contributed by atoms with van der Waals surface area (Å²) in [5.41, 5.74) is 7.64. The van der Waals surface area contributed by atoms with Crippen molar-refractivity contribution in [3.8, 4) is 0 Å². The molecule has 1 aromatic carbocycles. The van der Waals surface area contributed by atoms with Gasteiger partial charge in [0.1, 0.15) is 0 Å². The largest absolute Gasteiger partial charge is 0.398 e. The summed E-state index contributed by atoms with van der Waals surface area (Å²) in [6.45, 7) is 3.97. The molecule has 1 aromatic rings. The first kappa shape index (κ1) is 11.1. The summed E-state index contributed by atoms with van der Waals surface area (Å²) in [5.74, 6) is 0.297. The molecule has 0 spiro atoms. The first-order valence-corrected chi connectivity index (χ1v) is 5.85. The van der Waals surface area contributed by atoms with E-state index in [0.29, 0.717) is 12.2 Å². The molecule has 0 aromatic heterocycles. The normalized spacial score (nSPS) is 22.3. The third-order valence-electron chi connectivity index (χ3n) is 3.24. The number of ketones is 1. The molecule has 1 unspecified atom stereocenters. The second-order valence-electron chi connectivity index (χ2n) is 4.23. The summed E-state index contributed by atoms with van der Waals surface area (Å²) >= 11 is 0. The molecule has 16 heavy (non-hydrogen) atoms. The number of hydrogen-bond acceptors (Lipinski definition) is 3. The number of rotatable bonds is 2. The molecule has 3 nitrogen and oxygen atoms in total. The van der Waals surface area contributed by atoms with E-state index < -0.39 is 0 Å². The minimum absolute atomic E-state index is 0.125. The van der Waals surface area contributed by atoms with E-state index in [0.717, 1.165) is 30.8 Å². The molecule has 2 rings (SSSR count). The van der Waals surface area contributed by atoms with Crippen LogP contribution < -0.4 is 5.73 Å². The number of hydrogen-bond donors (Lipinski definition) is 1. The van der Waals surface area contributed by atoms with E-state index in [9.17, 15) is 4.79 Å². The third-order valence-corrected chi connectivity index (χ3v) is 3.24. The van der Waals surface area contributed by atoms with Gasteiger partial charge < -0.3 is 5.73 Å². The zero-order valence-electron chi connectivity index (χ0n) is 9.65. The lowest BCUT2D eigenvalue weighted by atomic mass is 9.93. The van der Waals surface area contributed by atoms with E-state index >= 15 is 0 Å². The van der Waals surface area contributed by atoms with Gasteiger partial charge in [0.25, 0.3) is 0 Å². The van der Waals surface area contributed by atoms with Crippen LogP contribution in [0.25, 0.3) is 0 Å². The van der Waals surface area contributed by atoms with Crippen LogP contribution in [0.15, 0.2) is 24.3 Å². The monoisotopic (exact) mass is 218 g/mol. The molecule has 0 radical (unpaired) electrons. The number of benzene rings is 1. The molecule has 0 bridgehead atoms. The zero-order chi connectivity index (χ0) is 11.5. The standard InChI is InChI=1S/C13H18N2O/c1-2-15-9-5-8-12(16)13(15)10-6-3-4-7-11(10)14/h3-4,6-7,13H,2,5,8-9,14H2,1H3. The molecule has 1 aliphatic rings. The van der Waals surface area contributed by atoms with Crippen molar-refractivity contribution < 1.29 is 4.79 Å². The van der Waals surface area contributed by atoms with Crippen molar-refractivity contribution in [2.75, 3.05) is 18.8 Å². The quantitative estimate of drug-likeness (QED) is 0.772. The number of piperidine rings is 1. The van der Waals surface area contributed by atoms with E-state index in [-0.39, 0.29) is 6.04 Å². The molecule has 0 amide bonds. The summed E-state index contributed by atoms with van der Waals surface area (Å²) in [6, 6.07) is 7.56. The second-order valence-corrected chi connectivity index (χ2v) is 4.23. The molecule has 86 valence electrons. The van der Waals surface area contributed by atoms with Crippen molar-refractivity contribution in [2.45, 2.75) is 25.8 Å². The molecule has 1 saturated heterocycles. The van der Waals surface area contributed by atoms with E-state index in [1.165, 1.54) is 0 Å². The van der Waals surface area contributed by atoms with Gasteiger partial charge in [-0.3, -0.25) is 9.69 Å². The summed E-state index contributed by atoms with van der Waals surface area (Å²) in [6.07, 6.45) is 1.64. The van der Waals surface area contributed by atoms with E-state index in [4.69, 9.17) is 5.73 Å². The molecular formula is C13H18N2O. The van der Waals surface area contributed by atoms with E-state index in [1.807, 2.05) is 24.3 Å².